The van der Waals surface area contributed by atoms with Crippen molar-refractivity contribution < 1.29 is 38.1 Å². The zero-order valence-corrected chi connectivity index (χ0v) is 23.0. The summed E-state index contributed by atoms with van der Waals surface area (Å²) >= 11 is 0.929. The highest BCUT2D eigenvalue weighted by Crippen LogP contribution is 2.45. The first-order valence-corrected chi connectivity index (χ1v) is 13.3. The molecule has 1 unspecified atom stereocenters. The molecule has 0 fully saturated rings. The highest BCUT2D eigenvalue weighted by molar-refractivity contribution is 7.17. The first kappa shape index (κ1) is 26.9. The van der Waals surface area contributed by atoms with Crippen LogP contribution in [0.3, 0.4) is 0 Å². The zero-order chi connectivity index (χ0) is 28.6. The number of ketones is 1. The molecule has 1 amide bonds. The molecule has 1 aliphatic rings. The maximum absolute atomic E-state index is 14.0. The number of fused-ring (bicyclic) bond motifs is 1. The van der Waals surface area contributed by atoms with Gasteiger partial charge in [-0.2, -0.15) is 0 Å². The molecule has 0 saturated heterocycles. The molecule has 0 spiro atoms. The molecule has 0 aliphatic carbocycles. The van der Waals surface area contributed by atoms with Gasteiger partial charge >= 0.3 is 5.97 Å². The van der Waals surface area contributed by atoms with Crippen molar-refractivity contribution in [2.24, 2.45) is 0 Å². The minimum Gasteiger partial charge on any atom is -0.503 e. The van der Waals surface area contributed by atoms with Gasteiger partial charge in [-0.3, -0.25) is 14.5 Å². The van der Waals surface area contributed by atoms with Gasteiger partial charge in [0.2, 0.25) is 5.78 Å². The number of furan rings is 1. The van der Waals surface area contributed by atoms with E-state index in [-0.39, 0.29) is 21.3 Å². The molecule has 0 radical (unpaired) electrons. The van der Waals surface area contributed by atoms with Crippen molar-refractivity contribution in [1.29, 1.82) is 0 Å². The summed E-state index contributed by atoms with van der Waals surface area (Å²) in [6.07, 6.45) is 0.785. The van der Waals surface area contributed by atoms with Crippen LogP contribution in [0, 0.1) is 6.92 Å². The summed E-state index contributed by atoms with van der Waals surface area (Å²) in [4.78, 5) is 45.6. The smallest absolute Gasteiger partial charge is 0.350 e. The van der Waals surface area contributed by atoms with Gasteiger partial charge in [-0.1, -0.05) is 42.5 Å². The number of aliphatic hydroxyl groups is 1. The number of aliphatic hydroxyl groups excluding tert-OH is 1. The number of benzene rings is 2. The van der Waals surface area contributed by atoms with Gasteiger partial charge in [0.1, 0.15) is 10.6 Å². The lowest BCUT2D eigenvalue weighted by Crippen LogP contribution is -2.31. The van der Waals surface area contributed by atoms with Crippen LogP contribution >= 0.6 is 11.3 Å². The monoisotopic (exact) mass is 562 g/mol. The molecule has 1 N–H and O–H groups in total. The van der Waals surface area contributed by atoms with Gasteiger partial charge in [0.25, 0.3) is 5.91 Å². The van der Waals surface area contributed by atoms with E-state index in [1.165, 1.54) is 25.2 Å². The number of rotatable bonds is 9. The third kappa shape index (κ3) is 4.58. The van der Waals surface area contributed by atoms with Crippen LogP contribution in [0.15, 0.2) is 64.3 Å². The summed E-state index contributed by atoms with van der Waals surface area (Å²) in [5, 5.41) is 11.9. The molecule has 1 aliphatic heterocycles. The summed E-state index contributed by atoms with van der Waals surface area (Å²) in [5.74, 6) is -1.98. The average Bonchev–Trinajstić information content (AvgIpc) is 3.65. The van der Waals surface area contributed by atoms with Crippen LogP contribution in [0.25, 0.3) is 11.0 Å². The molecule has 3 heterocycles. The summed E-state index contributed by atoms with van der Waals surface area (Å²) < 4.78 is 21.9. The third-order valence-electron chi connectivity index (χ3n) is 6.41. The van der Waals surface area contributed by atoms with Gasteiger partial charge in [-0.25, -0.2) is 9.78 Å². The Morgan fingerprint density at radius 2 is 1.93 bits per heavy atom. The summed E-state index contributed by atoms with van der Waals surface area (Å²) in [7, 11) is 2.74. The predicted molar refractivity (Wildman–Crippen MR) is 147 cm³/mol. The molecule has 2 aromatic carbocycles. The van der Waals surface area contributed by atoms with E-state index in [0.29, 0.717) is 40.3 Å². The lowest BCUT2D eigenvalue weighted by Gasteiger charge is -2.24. The second-order valence-electron chi connectivity index (χ2n) is 8.98. The molecule has 0 bridgehead atoms. The Hall–Kier alpha value is -4.64. The molecule has 4 aromatic rings. The van der Waals surface area contributed by atoms with E-state index in [1.54, 1.807) is 49.4 Å². The number of ether oxygens (including phenoxy) is 3. The van der Waals surface area contributed by atoms with Gasteiger partial charge in [-0.05, 0) is 43.2 Å². The fourth-order valence-electron chi connectivity index (χ4n) is 4.55. The topological polar surface area (TPSA) is 128 Å². The number of hydrogen-bond donors (Lipinski definition) is 1. The minimum absolute atomic E-state index is 0.0790. The van der Waals surface area contributed by atoms with Crippen molar-refractivity contribution in [3.05, 3.63) is 81.8 Å². The number of carbonyl (C=O) groups is 3. The average molecular weight is 563 g/mol. The molecule has 10 nitrogen and oxygen atoms in total. The summed E-state index contributed by atoms with van der Waals surface area (Å²) in [6.45, 7) is 4.06. The van der Waals surface area contributed by atoms with Gasteiger partial charge in [0, 0.05) is 5.39 Å². The molecule has 2 aromatic heterocycles. The highest BCUT2D eigenvalue weighted by Gasteiger charge is 2.47. The van der Waals surface area contributed by atoms with Crippen molar-refractivity contribution in [3.63, 3.8) is 0 Å². The predicted octanol–water partition coefficient (Wildman–Crippen LogP) is 5.56. The Labute approximate surface area is 233 Å². The molecule has 206 valence electrons. The molecular weight excluding hydrogens is 536 g/mol. The van der Waals surface area contributed by atoms with E-state index in [1.807, 2.05) is 6.92 Å². The van der Waals surface area contributed by atoms with Crippen molar-refractivity contribution in [2.75, 3.05) is 25.7 Å². The van der Waals surface area contributed by atoms with Crippen molar-refractivity contribution in [3.8, 4) is 11.5 Å². The van der Waals surface area contributed by atoms with Gasteiger partial charge in [0.15, 0.2) is 28.0 Å². The van der Waals surface area contributed by atoms with E-state index in [4.69, 9.17) is 18.6 Å². The molecule has 40 heavy (non-hydrogen) atoms. The number of aryl methyl sites for hydroxylation is 1. The quantitative estimate of drug-likeness (QED) is 0.206. The number of thiazole rings is 1. The summed E-state index contributed by atoms with van der Waals surface area (Å²) in [6, 6.07) is 12.6. The fraction of sp³-hybridized carbons (Fsp3) is 0.241. The Morgan fingerprint density at radius 1 is 1.15 bits per heavy atom. The number of amides is 1. The first-order chi connectivity index (χ1) is 19.3. The van der Waals surface area contributed by atoms with Crippen LogP contribution in [0.4, 0.5) is 5.13 Å². The number of aromatic nitrogens is 1. The Bertz CT molecular complexity index is 1670. The number of nitrogens with zero attached hydrogens (tertiary/aromatic N) is 2. The standard InChI is InChI=1S/C29H26N2O8S/c1-5-12-38-18-10-6-8-16(13-18)22-21(23(32)20-14-17-9-7-11-19(36-3)25(17)39-20)24(33)27(34)31(22)29-30-15(2)26(40-29)28(35)37-4/h6-11,13-14,22,33H,5,12H2,1-4H3. The van der Waals surface area contributed by atoms with E-state index >= 15 is 0 Å². The first-order valence-electron chi connectivity index (χ1n) is 12.4. The molecule has 11 heteroatoms. The van der Waals surface area contributed by atoms with Gasteiger partial charge in [0.05, 0.1) is 38.1 Å². The van der Waals surface area contributed by atoms with Crippen LogP contribution in [-0.4, -0.2) is 48.6 Å². The normalized spacial score (nSPS) is 15.2. The van der Waals surface area contributed by atoms with Crippen LogP contribution in [0.5, 0.6) is 11.5 Å². The van der Waals surface area contributed by atoms with Crippen molar-refractivity contribution in [1.82, 2.24) is 4.98 Å². The number of anilines is 1. The number of esters is 1. The zero-order valence-electron chi connectivity index (χ0n) is 22.2. The van der Waals surface area contributed by atoms with E-state index < -0.39 is 29.5 Å². The minimum atomic E-state index is -1.09. The Kier molecular flexibility index (Phi) is 7.31. The Balaban J connectivity index is 1.65. The van der Waals surface area contributed by atoms with Crippen LogP contribution in [-0.2, 0) is 9.53 Å². The molecular formula is C29H26N2O8S. The van der Waals surface area contributed by atoms with Crippen LogP contribution < -0.4 is 14.4 Å². The van der Waals surface area contributed by atoms with Crippen molar-refractivity contribution in [2.45, 2.75) is 26.3 Å². The Morgan fingerprint density at radius 3 is 2.65 bits per heavy atom. The number of Topliss-reactive ketones (excluding diaryl/α,β-unsaturated/α-hetero) is 1. The second kappa shape index (κ2) is 10.9. The highest BCUT2D eigenvalue weighted by atomic mass is 32.1. The lowest BCUT2D eigenvalue weighted by atomic mass is 9.95. The number of para-hydroxylation sites is 1. The number of carbonyl (C=O) groups excluding carboxylic acids is 3. The summed E-state index contributed by atoms with van der Waals surface area (Å²) in [5.41, 5.74) is 1.01. The second-order valence-corrected chi connectivity index (χ2v) is 9.96. The molecule has 0 saturated carbocycles. The van der Waals surface area contributed by atoms with E-state index in [2.05, 4.69) is 4.98 Å². The van der Waals surface area contributed by atoms with E-state index in [0.717, 1.165) is 17.8 Å². The largest absolute Gasteiger partial charge is 0.503 e. The maximum atomic E-state index is 14.0. The van der Waals surface area contributed by atoms with Crippen LogP contribution in [0.1, 0.15) is 50.9 Å². The fourth-order valence-corrected chi connectivity index (χ4v) is 5.57. The maximum Gasteiger partial charge on any atom is 0.350 e. The molecule has 5 rings (SSSR count). The van der Waals surface area contributed by atoms with Gasteiger partial charge in [-0.15, -0.1) is 0 Å². The number of hydrogen-bond acceptors (Lipinski definition) is 10. The van der Waals surface area contributed by atoms with Gasteiger partial charge < -0.3 is 23.7 Å². The van der Waals surface area contributed by atoms with E-state index in [9.17, 15) is 19.5 Å². The third-order valence-corrected chi connectivity index (χ3v) is 7.55. The lowest BCUT2D eigenvalue weighted by molar-refractivity contribution is -0.117. The van der Waals surface area contributed by atoms with Crippen LogP contribution in [0.2, 0.25) is 0 Å². The SMILES string of the molecule is CCCOc1cccc(C2C(C(=O)c3cc4cccc(OC)c4o3)=C(O)C(=O)N2c2nc(C)c(C(=O)OC)s2)c1. The van der Waals surface area contributed by atoms with Crippen molar-refractivity contribution >= 4 is 45.1 Å². The molecule has 1 atom stereocenters. The number of methoxy groups -OCH3 is 2.